The van der Waals surface area contributed by atoms with E-state index < -0.39 is 5.97 Å². The van der Waals surface area contributed by atoms with Crippen LogP contribution in [-0.2, 0) is 9.59 Å². The second kappa shape index (κ2) is 6.86. The van der Waals surface area contributed by atoms with Crippen molar-refractivity contribution < 1.29 is 14.7 Å². The van der Waals surface area contributed by atoms with Crippen LogP contribution in [-0.4, -0.2) is 72.6 Å². The molecule has 19 heavy (non-hydrogen) atoms. The van der Waals surface area contributed by atoms with E-state index in [4.69, 9.17) is 5.11 Å². The van der Waals surface area contributed by atoms with Crippen molar-refractivity contribution in [2.75, 3.05) is 45.8 Å². The van der Waals surface area contributed by atoms with Crippen LogP contribution in [0, 0.1) is 5.92 Å². The summed E-state index contributed by atoms with van der Waals surface area (Å²) in [4.78, 5) is 27.0. The van der Waals surface area contributed by atoms with Gasteiger partial charge in [-0.25, -0.2) is 0 Å². The molecule has 2 aliphatic heterocycles. The van der Waals surface area contributed by atoms with Gasteiger partial charge < -0.3 is 15.3 Å². The molecule has 0 saturated carbocycles. The lowest BCUT2D eigenvalue weighted by atomic mass is 9.95. The number of piperidine rings is 1. The van der Waals surface area contributed by atoms with Crippen LogP contribution in [0.4, 0.5) is 0 Å². The number of rotatable bonds is 4. The molecule has 6 nitrogen and oxygen atoms in total. The van der Waals surface area contributed by atoms with E-state index in [9.17, 15) is 9.59 Å². The van der Waals surface area contributed by atoms with E-state index >= 15 is 0 Å². The van der Waals surface area contributed by atoms with Gasteiger partial charge in [-0.1, -0.05) is 0 Å². The first-order valence-corrected chi connectivity index (χ1v) is 7.08. The zero-order chi connectivity index (χ0) is 13.7. The van der Waals surface area contributed by atoms with Crippen molar-refractivity contribution in [1.82, 2.24) is 15.1 Å². The van der Waals surface area contributed by atoms with Crippen LogP contribution < -0.4 is 5.32 Å². The highest BCUT2D eigenvalue weighted by Gasteiger charge is 2.26. The Balaban J connectivity index is 1.79. The van der Waals surface area contributed by atoms with Gasteiger partial charge in [0.05, 0.1) is 6.54 Å². The molecule has 6 heteroatoms. The second-order valence-electron chi connectivity index (χ2n) is 5.47. The quantitative estimate of drug-likeness (QED) is 0.727. The Labute approximate surface area is 113 Å². The maximum Gasteiger partial charge on any atom is 0.303 e. The first-order chi connectivity index (χ1) is 9.15. The van der Waals surface area contributed by atoms with Crippen LogP contribution >= 0.6 is 0 Å². The number of nitrogens with zero attached hydrogens (tertiary/aromatic N) is 2. The number of carboxylic acids is 1. The van der Waals surface area contributed by atoms with Crippen molar-refractivity contribution in [2.24, 2.45) is 5.92 Å². The Morgan fingerprint density at radius 2 is 1.95 bits per heavy atom. The molecule has 2 saturated heterocycles. The smallest absolute Gasteiger partial charge is 0.303 e. The van der Waals surface area contributed by atoms with Crippen molar-refractivity contribution >= 4 is 11.9 Å². The molecule has 1 atom stereocenters. The van der Waals surface area contributed by atoms with Gasteiger partial charge >= 0.3 is 5.97 Å². The molecule has 1 unspecified atom stereocenters. The van der Waals surface area contributed by atoms with E-state index in [1.807, 2.05) is 4.90 Å². The van der Waals surface area contributed by atoms with Gasteiger partial charge in [-0.3, -0.25) is 14.5 Å². The first-order valence-electron chi connectivity index (χ1n) is 7.08. The van der Waals surface area contributed by atoms with Gasteiger partial charge in [0.1, 0.15) is 0 Å². The van der Waals surface area contributed by atoms with Crippen molar-refractivity contribution in [3.05, 3.63) is 0 Å². The minimum Gasteiger partial charge on any atom is -0.481 e. The maximum atomic E-state index is 12.2. The Morgan fingerprint density at radius 3 is 2.63 bits per heavy atom. The van der Waals surface area contributed by atoms with Crippen LogP contribution in [0.1, 0.15) is 19.3 Å². The minimum atomic E-state index is -0.763. The van der Waals surface area contributed by atoms with Gasteiger partial charge in [-0.05, 0) is 18.8 Å². The molecule has 2 rings (SSSR count). The lowest BCUT2D eigenvalue weighted by Crippen LogP contribution is -2.50. The summed E-state index contributed by atoms with van der Waals surface area (Å²) in [6.07, 6.45) is 2.02. The highest BCUT2D eigenvalue weighted by atomic mass is 16.4. The summed E-state index contributed by atoms with van der Waals surface area (Å²) in [5, 5.41) is 12.1. The van der Waals surface area contributed by atoms with E-state index in [0.29, 0.717) is 13.1 Å². The Bertz CT molecular complexity index is 329. The molecular formula is C13H23N3O3. The zero-order valence-corrected chi connectivity index (χ0v) is 11.3. The maximum absolute atomic E-state index is 12.2. The summed E-state index contributed by atoms with van der Waals surface area (Å²) in [5.74, 6) is -0.489. The molecule has 2 aliphatic rings. The summed E-state index contributed by atoms with van der Waals surface area (Å²) in [5.41, 5.74) is 0. The molecule has 2 heterocycles. The van der Waals surface area contributed by atoms with Crippen molar-refractivity contribution in [3.8, 4) is 0 Å². The normalized spacial score (nSPS) is 25.3. The van der Waals surface area contributed by atoms with Crippen LogP contribution in [0.15, 0.2) is 0 Å². The largest absolute Gasteiger partial charge is 0.481 e. The number of aliphatic carboxylic acids is 1. The molecule has 0 aromatic heterocycles. The number of hydrogen-bond acceptors (Lipinski definition) is 4. The van der Waals surface area contributed by atoms with Gasteiger partial charge in [0.2, 0.25) is 5.91 Å². The molecule has 0 bridgehead atoms. The fourth-order valence-corrected chi connectivity index (χ4v) is 2.87. The van der Waals surface area contributed by atoms with Gasteiger partial charge in [0, 0.05) is 45.7 Å². The van der Waals surface area contributed by atoms with Crippen LogP contribution in [0.2, 0.25) is 0 Å². The van der Waals surface area contributed by atoms with Gasteiger partial charge in [-0.15, -0.1) is 0 Å². The Morgan fingerprint density at radius 1 is 1.21 bits per heavy atom. The fourth-order valence-electron chi connectivity index (χ4n) is 2.87. The minimum absolute atomic E-state index is 0.123. The average molecular weight is 269 g/mol. The summed E-state index contributed by atoms with van der Waals surface area (Å²) >= 11 is 0. The van der Waals surface area contributed by atoms with E-state index in [2.05, 4.69) is 10.2 Å². The molecule has 1 amide bonds. The van der Waals surface area contributed by atoms with Crippen molar-refractivity contribution in [1.29, 1.82) is 0 Å². The SMILES string of the molecule is O=C(O)CC1CCCN(C(=O)CN2CCNCC2)C1. The van der Waals surface area contributed by atoms with E-state index in [1.165, 1.54) is 0 Å². The third-order valence-corrected chi connectivity index (χ3v) is 3.90. The predicted molar refractivity (Wildman–Crippen MR) is 70.9 cm³/mol. The van der Waals surface area contributed by atoms with E-state index in [-0.39, 0.29) is 18.2 Å². The monoisotopic (exact) mass is 269 g/mol. The molecule has 0 radical (unpaired) electrons. The topological polar surface area (TPSA) is 72.9 Å². The molecule has 2 fully saturated rings. The number of nitrogens with one attached hydrogen (secondary N) is 1. The number of carbonyl (C=O) groups excluding carboxylic acids is 1. The summed E-state index contributed by atoms with van der Waals surface area (Å²) < 4.78 is 0. The Hall–Kier alpha value is -1.14. The number of piperazine rings is 1. The van der Waals surface area contributed by atoms with E-state index in [1.54, 1.807) is 0 Å². The number of carboxylic acid groups (broad SMARTS) is 1. The second-order valence-corrected chi connectivity index (χ2v) is 5.47. The van der Waals surface area contributed by atoms with Crippen molar-refractivity contribution in [2.45, 2.75) is 19.3 Å². The number of amides is 1. The number of hydrogen-bond donors (Lipinski definition) is 2. The first kappa shape index (κ1) is 14.3. The number of carbonyl (C=O) groups is 2. The van der Waals surface area contributed by atoms with Gasteiger partial charge in [0.15, 0.2) is 0 Å². The molecule has 0 spiro atoms. The highest BCUT2D eigenvalue weighted by Crippen LogP contribution is 2.19. The predicted octanol–water partition coefficient (Wildman–Crippen LogP) is -0.395. The molecule has 108 valence electrons. The van der Waals surface area contributed by atoms with Crippen molar-refractivity contribution in [3.63, 3.8) is 0 Å². The number of likely N-dealkylation sites (tertiary alicyclic amines) is 1. The fraction of sp³-hybridized carbons (Fsp3) is 0.846. The summed E-state index contributed by atoms with van der Waals surface area (Å²) in [7, 11) is 0. The van der Waals surface area contributed by atoms with Crippen LogP contribution in [0.3, 0.4) is 0 Å². The van der Waals surface area contributed by atoms with Crippen LogP contribution in [0.5, 0.6) is 0 Å². The average Bonchev–Trinajstić information content (AvgIpc) is 2.39. The molecular weight excluding hydrogens is 246 g/mol. The third-order valence-electron chi connectivity index (χ3n) is 3.90. The van der Waals surface area contributed by atoms with Gasteiger partial charge in [-0.2, -0.15) is 0 Å². The summed E-state index contributed by atoms with van der Waals surface area (Å²) in [6.45, 7) is 5.57. The lowest BCUT2D eigenvalue weighted by Gasteiger charge is -2.34. The molecule has 2 N–H and O–H groups in total. The van der Waals surface area contributed by atoms with Gasteiger partial charge in [0.25, 0.3) is 0 Å². The zero-order valence-electron chi connectivity index (χ0n) is 11.3. The highest BCUT2D eigenvalue weighted by molar-refractivity contribution is 5.78. The summed E-state index contributed by atoms with van der Waals surface area (Å²) in [6, 6.07) is 0. The molecule has 0 aliphatic carbocycles. The molecule has 0 aromatic rings. The standard InChI is InChI=1S/C13H23N3O3/c17-12(10-15-6-3-14-4-7-15)16-5-1-2-11(9-16)8-13(18)19/h11,14H,1-10H2,(H,18,19). The van der Waals surface area contributed by atoms with Crippen LogP contribution in [0.25, 0.3) is 0 Å². The van der Waals surface area contributed by atoms with E-state index in [0.717, 1.165) is 45.6 Å². The molecule has 0 aromatic carbocycles. The Kier molecular flexibility index (Phi) is 5.15. The third kappa shape index (κ3) is 4.47. The lowest BCUT2D eigenvalue weighted by molar-refractivity contribution is -0.141.